The molecular formula is C52H36N4. The smallest absolute Gasteiger partial charge is 0.0975 e. The number of aromatic nitrogens is 4. The van der Waals surface area contributed by atoms with Crippen LogP contribution in [-0.2, 0) is 12.8 Å². The lowest BCUT2D eigenvalue weighted by molar-refractivity contribution is 0.908. The van der Waals surface area contributed by atoms with E-state index in [0.29, 0.717) is 0 Å². The molecule has 0 N–H and O–H groups in total. The van der Waals surface area contributed by atoms with Crippen LogP contribution in [0.2, 0.25) is 0 Å². The fourth-order valence-electron chi connectivity index (χ4n) is 9.53. The van der Waals surface area contributed by atoms with E-state index in [4.69, 9.17) is 9.97 Å². The third-order valence-electron chi connectivity index (χ3n) is 12.1. The maximum atomic E-state index is 5.29. The highest BCUT2D eigenvalue weighted by Gasteiger charge is 2.22. The van der Waals surface area contributed by atoms with Crippen LogP contribution < -0.4 is 0 Å². The van der Waals surface area contributed by atoms with Gasteiger partial charge in [-0.15, -0.1) is 0 Å². The number of hydrogen-bond acceptors (Lipinski definition) is 2. The van der Waals surface area contributed by atoms with Gasteiger partial charge < -0.3 is 9.13 Å². The lowest BCUT2D eigenvalue weighted by atomic mass is 9.84. The van der Waals surface area contributed by atoms with Crippen molar-refractivity contribution in [3.05, 3.63) is 180 Å². The lowest BCUT2D eigenvalue weighted by Gasteiger charge is -2.22. The Bertz CT molecular complexity index is 3290. The Balaban J connectivity index is 0.953. The largest absolute Gasteiger partial charge is 0.309 e. The Kier molecular flexibility index (Phi) is 6.85. The molecule has 0 unspecified atom stereocenters. The molecule has 10 aromatic rings. The van der Waals surface area contributed by atoms with E-state index in [2.05, 4.69) is 173 Å². The fourth-order valence-corrected chi connectivity index (χ4v) is 9.53. The Morgan fingerprint density at radius 3 is 1.54 bits per heavy atom. The molecule has 2 aliphatic carbocycles. The molecule has 56 heavy (non-hydrogen) atoms. The van der Waals surface area contributed by atoms with E-state index in [0.717, 1.165) is 53.7 Å². The van der Waals surface area contributed by atoms with E-state index in [1.54, 1.807) is 0 Å². The molecule has 0 bridgehead atoms. The van der Waals surface area contributed by atoms with Crippen molar-refractivity contribution in [3.63, 3.8) is 0 Å². The van der Waals surface area contributed by atoms with E-state index in [1.807, 2.05) is 6.20 Å². The van der Waals surface area contributed by atoms with Crippen molar-refractivity contribution in [1.82, 2.24) is 19.1 Å². The van der Waals surface area contributed by atoms with E-state index < -0.39 is 0 Å². The highest BCUT2D eigenvalue weighted by Crippen LogP contribution is 2.40. The summed E-state index contributed by atoms with van der Waals surface area (Å²) >= 11 is 0. The van der Waals surface area contributed by atoms with Crippen LogP contribution in [0.15, 0.2) is 158 Å². The molecule has 0 fully saturated rings. The standard InChI is InChI=1S/C52H36N4/c1-2-12-36(13-3-1)55-47-20-10-8-16-40(47)44-30-34(24-28-49(44)55)35-25-29-50-45(31-35)41-17-9-11-21-48(41)56(50)37-26-22-33(23-27-37)46-32-53-51-42-18-6-4-14-38(42)39-15-5-7-19-43(39)52(51)54-46/h1-3,6-13,16-32H,4-5,14-15H2. The van der Waals surface area contributed by atoms with Gasteiger partial charge in [-0.25, -0.2) is 4.98 Å². The first kappa shape index (κ1) is 31.3. The Morgan fingerprint density at radius 2 is 0.929 bits per heavy atom. The van der Waals surface area contributed by atoms with Crippen molar-refractivity contribution < 1.29 is 0 Å². The van der Waals surface area contributed by atoms with Gasteiger partial charge in [0.1, 0.15) is 0 Å². The Hall–Kier alpha value is -7.04. The zero-order valence-electron chi connectivity index (χ0n) is 30.8. The van der Waals surface area contributed by atoms with Crippen LogP contribution in [0.1, 0.15) is 35.1 Å². The Morgan fingerprint density at radius 1 is 0.429 bits per heavy atom. The molecule has 2 aliphatic rings. The van der Waals surface area contributed by atoms with Gasteiger partial charge >= 0.3 is 0 Å². The minimum atomic E-state index is 0.903. The molecule has 3 heterocycles. The summed E-state index contributed by atoms with van der Waals surface area (Å²) in [6.45, 7) is 0. The number of hydrogen-bond donors (Lipinski definition) is 0. The summed E-state index contributed by atoms with van der Waals surface area (Å²) in [6.07, 6.45) is 15.4. The van der Waals surface area contributed by atoms with E-state index in [1.165, 1.54) is 82.7 Å². The zero-order chi connectivity index (χ0) is 36.7. The molecule has 7 aromatic carbocycles. The monoisotopic (exact) mass is 716 g/mol. The van der Waals surface area contributed by atoms with Gasteiger partial charge in [-0.2, -0.15) is 0 Å². The normalized spacial score (nSPS) is 13.6. The molecule has 3 aromatic heterocycles. The van der Waals surface area contributed by atoms with Crippen LogP contribution in [0, 0.1) is 0 Å². The molecular weight excluding hydrogens is 681 g/mol. The van der Waals surface area contributed by atoms with E-state index >= 15 is 0 Å². The van der Waals surface area contributed by atoms with Crippen molar-refractivity contribution in [2.24, 2.45) is 0 Å². The molecule has 264 valence electrons. The summed E-state index contributed by atoms with van der Waals surface area (Å²) in [5.41, 5.74) is 19.0. The van der Waals surface area contributed by atoms with Gasteiger partial charge in [0.05, 0.1) is 45.0 Å². The summed E-state index contributed by atoms with van der Waals surface area (Å²) in [7, 11) is 0. The SMILES string of the molecule is C1=Cc2c(c3c(c4nc(-c5ccc(-n6c7ccccc7c7cc(-c8ccc9c(c8)c8ccccc8n9-c8ccccc8)ccc76)cc5)cnc24)C=CCC3)CC1. The van der Waals surface area contributed by atoms with Crippen molar-refractivity contribution >= 4 is 66.8 Å². The molecule has 0 saturated heterocycles. The third kappa shape index (κ3) is 4.66. The van der Waals surface area contributed by atoms with Crippen molar-refractivity contribution in [3.8, 4) is 33.8 Å². The second-order valence-corrected chi connectivity index (χ2v) is 15.2. The van der Waals surface area contributed by atoms with Gasteiger partial charge in [0.25, 0.3) is 0 Å². The van der Waals surface area contributed by atoms with Gasteiger partial charge in [-0.05, 0) is 109 Å². The van der Waals surface area contributed by atoms with Crippen molar-refractivity contribution in [2.45, 2.75) is 25.7 Å². The minimum absolute atomic E-state index is 0.903. The highest BCUT2D eigenvalue weighted by atomic mass is 15.0. The van der Waals surface area contributed by atoms with Crippen LogP contribution >= 0.6 is 0 Å². The number of nitrogens with zero attached hydrogens (tertiary/aromatic N) is 4. The molecule has 0 atom stereocenters. The highest BCUT2D eigenvalue weighted by molar-refractivity contribution is 6.12. The Labute approximate surface area is 324 Å². The molecule has 0 amide bonds. The van der Waals surface area contributed by atoms with Gasteiger partial charge in [-0.3, -0.25) is 4.98 Å². The summed E-state index contributed by atoms with van der Waals surface area (Å²) in [4.78, 5) is 10.4. The third-order valence-corrected chi connectivity index (χ3v) is 12.1. The fraction of sp³-hybridized carbons (Fsp3) is 0.0769. The average molecular weight is 717 g/mol. The summed E-state index contributed by atoms with van der Waals surface area (Å²) in [5.74, 6) is 0. The van der Waals surface area contributed by atoms with Crippen LogP contribution in [0.4, 0.5) is 0 Å². The average Bonchev–Trinajstić information content (AvgIpc) is 3.79. The van der Waals surface area contributed by atoms with Crippen molar-refractivity contribution in [2.75, 3.05) is 0 Å². The molecule has 12 rings (SSSR count). The summed E-state index contributed by atoms with van der Waals surface area (Å²) < 4.78 is 4.76. The first-order valence-corrected chi connectivity index (χ1v) is 19.7. The van der Waals surface area contributed by atoms with Crippen LogP contribution in [0.25, 0.3) is 101 Å². The summed E-state index contributed by atoms with van der Waals surface area (Å²) in [6, 6.07) is 50.8. The molecule has 0 aliphatic heterocycles. The quantitative estimate of drug-likeness (QED) is 0.182. The summed E-state index contributed by atoms with van der Waals surface area (Å²) in [5, 5.41) is 5.00. The topological polar surface area (TPSA) is 35.6 Å². The molecule has 0 spiro atoms. The maximum Gasteiger partial charge on any atom is 0.0975 e. The second-order valence-electron chi connectivity index (χ2n) is 15.2. The number of para-hydroxylation sites is 3. The second kappa shape index (κ2) is 12.2. The number of allylic oxidation sites excluding steroid dienone is 2. The van der Waals surface area contributed by atoms with Gasteiger partial charge in [0, 0.05) is 49.6 Å². The van der Waals surface area contributed by atoms with E-state index in [9.17, 15) is 0 Å². The molecule has 0 saturated carbocycles. The van der Waals surface area contributed by atoms with Gasteiger partial charge in [-0.1, -0.05) is 103 Å². The van der Waals surface area contributed by atoms with Gasteiger partial charge in [0.15, 0.2) is 0 Å². The first-order chi connectivity index (χ1) is 27.8. The number of benzene rings is 7. The first-order valence-electron chi connectivity index (χ1n) is 19.7. The van der Waals surface area contributed by atoms with Gasteiger partial charge in [0.2, 0.25) is 0 Å². The minimum Gasteiger partial charge on any atom is -0.309 e. The van der Waals surface area contributed by atoms with Crippen molar-refractivity contribution in [1.29, 1.82) is 0 Å². The molecule has 0 radical (unpaired) electrons. The maximum absolute atomic E-state index is 5.29. The zero-order valence-corrected chi connectivity index (χ0v) is 30.8. The lowest BCUT2D eigenvalue weighted by Crippen LogP contribution is -2.08. The predicted molar refractivity (Wildman–Crippen MR) is 234 cm³/mol. The predicted octanol–water partition coefficient (Wildman–Crippen LogP) is 13.1. The van der Waals surface area contributed by atoms with E-state index in [-0.39, 0.29) is 0 Å². The molecule has 4 nitrogen and oxygen atoms in total. The van der Waals surface area contributed by atoms with Crippen LogP contribution in [0.3, 0.4) is 0 Å². The van der Waals surface area contributed by atoms with Crippen LogP contribution in [-0.4, -0.2) is 19.1 Å². The number of fused-ring (bicyclic) bond motifs is 12. The molecule has 4 heteroatoms. The number of rotatable bonds is 4. The van der Waals surface area contributed by atoms with Crippen LogP contribution in [0.5, 0.6) is 0 Å².